The highest BCUT2D eigenvalue weighted by Crippen LogP contribution is 2.28. The zero-order valence-corrected chi connectivity index (χ0v) is 11.8. The minimum atomic E-state index is 0.196. The summed E-state index contributed by atoms with van der Waals surface area (Å²) in [6.45, 7) is 0.196. The average molecular weight is 320 g/mol. The highest BCUT2D eigenvalue weighted by molar-refractivity contribution is 9.10. The standard InChI is InChI=1S/C14H14BrN3O/c15-12-7-17-14(13-11(12)2-1-5-16-13)18-10-4-3-9(6-10)8-19/h1-5,7,9-10,19H,6,8H2,(H,17,18)/t9-,10+/m0/s1. The van der Waals surface area contributed by atoms with E-state index >= 15 is 0 Å². The predicted octanol–water partition coefficient (Wildman–Crippen LogP) is 2.74. The Kier molecular flexibility index (Phi) is 3.48. The average Bonchev–Trinajstić information content (AvgIpc) is 2.90. The predicted molar refractivity (Wildman–Crippen MR) is 79.0 cm³/mol. The van der Waals surface area contributed by atoms with E-state index in [1.54, 1.807) is 12.4 Å². The summed E-state index contributed by atoms with van der Waals surface area (Å²) < 4.78 is 0.941. The minimum absolute atomic E-state index is 0.196. The number of nitrogens with zero attached hydrogens (tertiary/aromatic N) is 2. The third-order valence-electron chi connectivity index (χ3n) is 3.33. The van der Waals surface area contributed by atoms with Gasteiger partial charge >= 0.3 is 0 Å². The monoisotopic (exact) mass is 319 g/mol. The molecular weight excluding hydrogens is 306 g/mol. The number of aliphatic hydroxyl groups excluding tert-OH is 1. The summed E-state index contributed by atoms with van der Waals surface area (Å²) in [5.74, 6) is 1.03. The summed E-state index contributed by atoms with van der Waals surface area (Å²) >= 11 is 3.49. The molecular formula is C14H14BrN3O. The van der Waals surface area contributed by atoms with E-state index in [-0.39, 0.29) is 18.6 Å². The minimum Gasteiger partial charge on any atom is -0.396 e. The second-order valence-corrected chi connectivity index (χ2v) is 5.52. The molecule has 0 aliphatic heterocycles. The highest BCUT2D eigenvalue weighted by Gasteiger charge is 2.19. The van der Waals surface area contributed by atoms with Crippen molar-refractivity contribution in [2.75, 3.05) is 11.9 Å². The van der Waals surface area contributed by atoms with Gasteiger partial charge in [-0.15, -0.1) is 0 Å². The van der Waals surface area contributed by atoms with E-state index in [0.29, 0.717) is 0 Å². The number of fused-ring (bicyclic) bond motifs is 1. The molecule has 2 heterocycles. The number of rotatable bonds is 3. The largest absolute Gasteiger partial charge is 0.396 e. The van der Waals surface area contributed by atoms with Crippen LogP contribution >= 0.6 is 15.9 Å². The molecule has 0 fully saturated rings. The maximum atomic E-state index is 9.14. The van der Waals surface area contributed by atoms with E-state index in [4.69, 9.17) is 5.11 Å². The molecule has 2 aromatic heterocycles. The van der Waals surface area contributed by atoms with Gasteiger partial charge in [0.15, 0.2) is 5.82 Å². The van der Waals surface area contributed by atoms with Crippen molar-refractivity contribution in [3.05, 3.63) is 41.2 Å². The molecule has 0 radical (unpaired) electrons. The summed E-state index contributed by atoms with van der Waals surface area (Å²) in [6, 6.07) is 4.13. The first-order valence-corrected chi connectivity index (χ1v) is 7.02. The Morgan fingerprint density at radius 2 is 2.26 bits per heavy atom. The lowest BCUT2D eigenvalue weighted by Gasteiger charge is -2.14. The molecule has 5 heteroatoms. The smallest absolute Gasteiger partial charge is 0.153 e. The van der Waals surface area contributed by atoms with Crippen LogP contribution in [0.4, 0.5) is 5.82 Å². The van der Waals surface area contributed by atoms with Crippen molar-refractivity contribution in [3.8, 4) is 0 Å². The second-order valence-electron chi connectivity index (χ2n) is 4.67. The van der Waals surface area contributed by atoms with E-state index < -0.39 is 0 Å². The van der Waals surface area contributed by atoms with Gasteiger partial charge in [0.05, 0.1) is 0 Å². The number of anilines is 1. The number of pyridine rings is 2. The van der Waals surface area contributed by atoms with Crippen LogP contribution < -0.4 is 5.32 Å². The fraction of sp³-hybridized carbons (Fsp3) is 0.286. The van der Waals surface area contributed by atoms with Gasteiger partial charge in [0.25, 0.3) is 0 Å². The van der Waals surface area contributed by atoms with Crippen molar-refractivity contribution in [3.63, 3.8) is 0 Å². The quantitative estimate of drug-likeness (QED) is 0.854. The number of halogens is 1. The summed E-state index contributed by atoms with van der Waals surface area (Å²) in [6.07, 6.45) is 8.57. The van der Waals surface area contributed by atoms with Crippen molar-refractivity contribution in [2.45, 2.75) is 12.5 Å². The molecule has 1 aliphatic rings. The van der Waals surface area contributed by atoms with Crippen LogP contribution in [0.2, 0.25) is 0 Å². The topological polar surface area (TPSA) is 58.0 Å². The Bertz CT molecular complexity index is 629. The Morgan fingerprint density at radius 1 is 1.37 bits per heavy atom. The van der Waals surface area contributed by atoms with Crippen molar-refractivity contribution >= 4 is 32.7 Å². The molecule has 0 bridgehead atoms. The van der Waals surface area contributed by atoms with Crippen LogP contribution in [-0.4, -0.2) is 27.7 Å². The van der Waals surface area contributed by atoms with Gasteiger partial charge in [-0.2, -0.15) is 0 Å². The number of hydrogen-bond donors (Lipinski definition) is 2. The Hall–Kier alpha value is -1.46. The van der Waals surface area contributed by atoms with E-state index in [1.165, 1.54) is 0 Å². The molecule has 1 aliphatic carbocycles. The maximum absolute atomic E-state index is 9.14. The van der Waals surface area contributed by atoms with E-state index in [2.05, 4.69) is 37.3 Å². The van der Waals surface area contributed by atoms with E-state index in [9.17, 15) is 0 Å². The van der Waals surface area contributed by atoms with Crippen molar-refractivity contribution in [1.82, 2.24) is 9.97 Å². The Morgan fingerprint density at radius 3 is 3.05 bits per heavy atom. The number of aromatic nitrogens is 2. The molecule has 0 unspecified atom stereocenters. The first-order chi connectivity index (χ1) is 9.28. The van der Waals surface area contributed by atoms with E-state index in [1.807, 2.05) is 18.2 Å². The first kappa shape index (κ1) is 12.6. The molecule has 0 amide bonds. The van der Waals surface area contributed by atoms with Crippen LogP contribution in [0, 0.1) is 5.92 Å². The fourth-order valence-electron chi connectivity index (χ4n) is 2.34. The molecule has 0 saturated heterocycles. The zero-order chi connectivity index (χ0) is 13.2. The normalized spacial score (nSPS) is 22.0. The molecule has 2 aromatic rings. The molecule has 3 rings (SSSR count). The summed E-state index contributed by atoms with van der Waals surface area (Å²) in [7, 11) is 0. The molecule has 0 spiro atoms. The van der Waals surface area contributed by atoms with Gasteiger partial charge in [0.2, 0.25) is 0 Å². The second kappa shape index (κ2) is 5.27. The Labute approximate surface area is 119 Å². The van der Waals surface area contributed by atoms with Crippen LogP contribution in [0.3, 0.4) is 0 Å². The van der Waals surface area contributed by atoms with E-state index in [0.717, 1.165) is 27.6 Å². The highest BCUT2D eigenvalue weighted by atomic mass is 79.9. The molecule has 19 heavy (non-hydrogen) atoms. The summed E-state index contributed by atoms with van der Waals surface area (Å²) in [5, 5.41) is 13.6. The van der Waals surface area contributed by atoms with Gasteiger partial charge in [-0.1, -0.05) is 12.2 Å². The SMILES string of the molecule is OC[C@H]1C=C[C@@H](Nc2ncc(Br)c3cccnc23)C1. The van der Waals surface area contributed by atoms with Crippen molar-refractivity contribution in [1.29, 1.82) is 0 Å². The fourth-order valence-corrected chi connectivity index (χ4v) is 2.76. The third-order valence-corrected chi connectivity index (χ3v) is 3.96. The number of aliphatic hydroxyl groups is 1. The zero-order valence-electron chi connectivity index (χ0n) is 10.3. The van der Waals surface area contributed by atoms with Gasteiger partial charge in [0, 0.05) is 40.8 Å². The van der Waals surface area contributed by atoms with Crippen LogP contribution in [0.25, 0.3) is 10.9 Å². The van der Waals surface area contributed by atoms with Crippen molar-refractivity contribution in [2.24, 2.45) is 5.92 Å². The molecule has 2 atom stereocenters. The van der Waals surface area contributed by atoms with Gasteiger partial charge in [-0.3, -0.25) is 4.98 Å². The van der Waals surface area contributed by atoms with Crippen LogP contribution in [0.1, 0.15) is 6.42 Å². The first-order valence-electron chi connectivity index (χ1n) is 6.23. The number of nitrogens with one attached hydrogen (secondary N) is 1. The number of hydrogen-bond acceptors (Lipinski definition) is 4. The van der Waals surface area contributed by atoms with Crippen LogP contribution in [0.15, 0.2) is 41.2 Å². The summed E-state index contributed by atoms with van der Waals surface area (Å²) in [5.41, 5.74) is 0.859. The molecule has 4 nitrogen and oxygen atoms in total. The Balaban J connectivity index is 1.90. The van der Waals surface area contributed by atoms with Gasteiger partial charge in [0.1, 0.15) is 5.52 Å². The van der Waals surface area contributed by atoms with Gasteiger partial charge in [-0.25, -0.2) is 4.98 Å². The molecule has 0 saturated carbocycles. The molecule has 2 N–H and O–H groups in total. The van der Waals surface area contributed by atoms with Crippen LogP contribution in [0.5, 0.6) is 0 Å². The molecule has 98 valence electrons. The van der Waals surface area contributed by atoms with Crippen LogP contribution in [-0.2, 0) is 0 Å². The summed E-state index contributed by atoms with van der Waals surface area (Å²) in [4.78, 5) is 8.80. The third kappa shape index (κ3) is 2.48. The molecule has 0 aromatic carbocycles. The lowest BCUT2D eigenvalue weighted by molar-refractivity contribution is 0.250. The lowest BCUT2D eigenvalue weighted by atomic mass is 10.1. The van der Waals surface area contributed by atoms with Gasteiger partial charge < -0.3 is 10.4 Å². The van der Waals surface area contributed by atoms with Crippen molar-refractivity contribution < 1.29 is 5.11 Å². The van der Waals surface area contributed by atoms with Gasteiger partial charge in [-0.05, 0) is 34.5 Å². The maximum Gasteiger partial charge on any atom is 0.153 e. The lowest BCUT2D eigenvalue weighted by Crippen LogP contribution is -2.17.